The van der Waals surface area contributed by atoms with Gasteiger partial charge in [0.1, 0.15) is 5.75 Å². The highest BCUT2D eigenvalue weighted by Gasteiger charge is 2.20. The zero-order valence-corrected chi connectivity index (χ0v) is 12.2. The highest BCUT2D eigenvalue weighted by atomic mass is 32.1. The van der Waals surface area contributed by atoms with Crippen molar-refractivity contribution in [3.05, 3.63) is 45.6 Å². The maximum Gasteiger partial charge on any atom is 0.262 e. The number of aryl methyl sites for hydroxylation is 1. The Bertz CT molecular complexity index is 651. The first-order valence-corrected chi connectivity index (χ1v) is 7.40. The summed E-state index contributed by atoms with van der Waals surface area (Å²) in [5.41, 5.74) is 4.39. The molecule has 0 aliphatic carbocycles. The van der Waals surface area contributed by atoms with Gasteiger partial charge in [0.25, 0.3) is 5.91 Å². The number of hydrogen-bond acceptors (Lipinski definition) is 4. The van der Waals surface area contributed by atoms with Gasteiger partial charge in [0, 0.05) is 0 Å². The van der Waals surface area contributed by atoms with Crippen molar-refractivity contribution in [2.24, 2.45) is 0 Å². The SMILES string of the molecule is CNC(c1ccc2c(c1)NC(=O)CO2)c1cscc1C. The number of anilines is 1. The molecule has 1 atom stereocenters. The van der Waals surface area contributed by atoms with Gasteiger partial charge < -0.3 is 15.4 Å². The Morgan fingerprint density at radius 3 is 2.95 bits per heavy atom. The van der Waals surface area contributed by atoms with Gasteiger partial charge in [-0.05, 0) is 53.6 Å². The van der Waals surface area contributed by atoms with E-state index in [4.69, 9.17) is 4.74 Å². The lowest BCUT2D eigenvalue weighted by atomic mass is 9.97. The molecule has 1 aliphatic rings. The van der Waals surface area contributed by atoms with Gasteiger partial charge in [-0.1, -0.05) is 6.07 Å². The summed E-state index contributed by atoms with van der Waals surface area (Å²) in [5.74, 6) is 0.618. The van der Waals surface area contributed by atoms with Gasteiger partial charge in [0.05, 0.1) is 11.7 Å². The van der Waals surface area contributed by atoms with Crippen LogP contribution in [-0.2, 0) is 4.79 Å². The van der Waals surface area contributed by atoms with Crippen LogP contribution in [0.4, 0.5) is 5.69 Å². The Morgan fingerprint density at radius 1 is 1.40 bits per heavy atom. The summed E-state index contributed by atoms with van der Waals surface area (Å²) >= 11 is 1.70. The lowest BCUT2D eigenvalue weighted by Gasteiger charge is -2.22. The summed E-state index contributed by atoms with van der Waals surface area (Å²) in [6.45, 7) is 2.20. The fourth-order valence-electron chi connectivity index (χ4n) is 2.45. The van der Waals surface area contributed by atoms with E-state index in [1.54, 1.807) is 11.3 Å². The summed E-state index contributed by atoms with van der Waals surface area (Å²) in [6, 6.07) is 6.04. The molecular formula is C15H16N2O2S. The van der Waals surface area contributed by atoms with E-state index in [-0.39, 0.29) is 18.6 Å². The fraction of sp³-hybridized carbons (Fsp3) is 0.267. The van der Waals surface area contributed by atoms with Gasteiger partial charge in [-0.2, -0.15) is 11.3 Å². The van der Waals surface area contributed by atoms with Crippen LogP contribution >= 0.6 is 11.3 Å². The number of hydrogen-bond donors (Lipinski definition) is 2. The lowest BCUT2D eigenvalue weighted by Crippen LogP contribution is -2.26. The van der Waals surface area contributed by atoms with Gasteiger partial charge in [0.2, 0.25) is 0 Å². The number of fused-ring (bicyclic) bond motifs is 1. The Labute approximate surface area is 121 Å². The standard InChI is InChI=1S/C15H16N2O2S/c1-9-7-20-8-11(9)15(16-2)10-3-4-13-12(5-10)17-14(18)6-19-13/h3-5,7-8,15-16H,6H2,1-2H3,(H,17,18). The molecule has 0 saturated carbocycles. The predicted octanol–water partition coefficient (Wildman–Crippen LogP) is 2.70. The van der Waals surface area contributed by atoms with Crippen LogP contribution in [0.1, 0.15) is 22.7 Å². The first-order valence-electron chi connectivity index (χ1n) is 6.45. The molecule has 4 nitrogen and oxygen atoms in total. The molecule has 0 radical (unpaired) electrons. The first kappa shape index (κ1) is 13.1. The molecule has 1 aromatic carbocycles. The Hall–Kier alpha value is -1.85. The number of amides is 1. The third-order valence-corrected chi connectivity index (χ3v) is 4.34. The molecule has 20 heavy (non-hydrogen) atoms. The number of ether oxygens (including phenoxy) is 1. The zero-order valence-electron chi connectivity index (χ0n) is 11.4. The zero-order chi connectivity index (χ0) is 14.1. The molecule has 0 bridgehead atoms. The van der Waals surface area contributed by atoms with Crippen molar-refractivity contribution in [3.8, 4) is 5.75 Å². The van der Waals surface area contributed by atoms with Crippen LogP contribution in [0, 0.1) is 6.92 Å². The van der Waals surface area contributed by atoms with Crippen LogP contribution in [0.25, 0.3) is 0 Å². The molecule has 104 valence electrons. The van der Waals surface area contributed by atoms with E-state index in [1.807, 2.05) is 25.2 Å². The number of thiophene rings is 1. The second kappa shape index (κ2) is 5.26. The second-order valence-corrected chi connectivity index (χ2v) is 5.57. The average Bonchev–Trinajstić information content (AvgIpc) is 2.86. The smallest absolute Gasteiger partial charge is 0.262 e. The summed E-state index contributed by atoms with van der Waals surface area (Å²) in [6.07, 6.45) is 0. The van der Waals surface area contributed by atoms with Crippen molar-refractivity contribution >= 4 is 22.9 Å². The monoisotopic (exact) mass is 288 g/mol. The molecule has 1 amide bonds. The van der Waals surface area contributed by atoms with Crippen molar-refractivity contribution in [2.45, 2.75) is 13.0 Å². The fourth-order valence-corrected chi connectivity index (χ4v) is 3.32. The minimum Gasteiger partial charge on any atom is -0.482 e. The number of carbonyl (C=O) groups excluding carboxylic acids is 1. The van der Waals surface area contributed by atoms with E-state index in [0.29, 0.717) is 0 Å². The molecule has 1 aromatic heterocycles. The maximum absolute atomic E-state index is 11.4. The van der Waals surface area contributed by atoms with Crippen molar-refractivity contribution in [1.82, 2.24) is 5.32 Å². The Kier molecular flexibility index (Phi) is 3.46. The maximum atomic E-state index is 11.4. The number of rotatable bonds is 3. The largest absolute Gasteiger partial charge is 0.482 e. The average molecular weight is 288 g/mol. The van der Waals surface area contributed by atoms with Crippen molar-refractivity contribution in [3.63, 3.8) is 0 Å². The highest BCUT2D eigenvalue weighted by molar-refractivity contribution is 7.08. The van der Waals surface area contributed by atoms with Gasteiger partial charge in [-0.25, -0.2) is 0 Å². The third-order valence-electron chi connectivity index (χ3n) is 3.46. The minimum atomic E-state index is -0.109. The van der Waals surface area contributed by atoms with Crippen molar-refractivity contribution < 1.29 is 9.53 Å². The molecular weight excluding hydrogens is 272 g/mol. The normalized spacial score (nSPS) is 15.2. The Morgan fingerprint density at radius 2 is 2.25 bits per heavy atom. The summed E-state index contributed by atoms with van der Waals surface area (Å²) in [5, 5.41) is 10.5. The Balaban J connectivity index is 1.99. The van der Waals surface area contributed by atoms with Gasteiger partial charge in [0.15, 0.2) is 6.61 Å². The molecule has 2 N–H and O–H groups in total. The number of nitrogens with one attached hydrogen (secondary N) is 2. The highest BCUT2D eigenvalue weighted by Crippen LogP contribution is 2.34. The molecule has 0 spiro atoms. The quantitative estimate of drug-likeness (QED) is 0.913. The lowest BCUT2D eigenvalue weighted by molar-refractivity contribution is -0.118. The second-order valence-electron chi connectivity index (χ2n) is 4.82. The molecule has 1 unspecified atom stereocenters. The molecule has 0 fully saturated rings. The molecule has 5 heteroatoms. The molecule has 3 rings (SSSR count). The van der Waals surface area contributed by atoms with Crippen LogP contribution < -0.4 is 15.4 Å². The summed E-state index contributed by atoms with van der Waals surface area (Å²) in [4.78, 5) is 11.4. The van der Waals surface area contributed by atoms with E-state index < -0.39 is 0 Å². The van der Waals surface area contributed by atoms with Crippen LogP contribution in [0.5, 0.6) is 5.75 Å². The van der Waals surface area contributed by atoms with Crippen molar-refractivity contribution in [2.75, 3.05) is 19.0 Å². The van der Waals surface area contributed by atoms with Gasteiger partial charge in [-0.15, -0.1) is 0 Å². The van der Waals surface area contributed by atoms with Crippen LogP contribution in [-0.4, -0.2) is 19.6 Å². The van der Waals surface area contributed by atoms with Gasteiger partial charge in [-0.3, -0.25) is 4.79 Å². The van der Waals surface area contributed by atoms with E-state index >= 15 is 0 Å². The van der Waals surface area contributed by atoms with Crippen LogP contribution in [0.2, 0.25) is 0 Å². The summed E-state index contributed by atoms with van der Waals surface area (Å²) in [7, 11) is 1.94. The molecule has 2 aromatic rings. The van der Waals surface area contributed by atoms with Crippen LogP contribution in [0.15, 0.2) is 29.0 Å². The third kappa shape index (κ3) is 2.30. The molecule has 2 heterocycles. The predicted molar refractivity (Wildman–Crippen MR) is 80.5 cm³/mol. The number of carbonyl (C=O) groups is 1. The molecule has 0 saturated heterocycles. The van der Waals surface area contributed by atoms with E-state index in [1.165, 1.54) is 11.1 Å². The topological polar surface area (TPSA) is 50.4 Å². The van der Waals surface area contributed by atoms with Crippen molar-refractivity contribution in [1.29, 1.82) is 0 Å². The number of benzene rings is 1. The van der Waals surface area contributed by atoms with Gasteiger partial charge >= 0.3 is 0 Å². The van der Waals surface area contributed by atoms with Crippen LogP contribution in [0.3, 0.4) is 0 Å². The first-order chi connectivity index (χ1) is 9.69. The molecule has 1 aliphatic heterocycles. The summed E-state index contributed by atoms with van der Waals surface area (Å²) < 4.78 is 5.39. The van der Waals surface area contributed by atoms with E-state index in [9.17, 15) is 4.79 Å². The van der Waals surface area contributed by atoms with E-state index in [2.05, 4.69) is 28.3 Å². The van der Waals surface area contributed by atoms with E-state index in [0.717, 1.165) is 17.0 Å². The minimum absolute atomic E-state index is 0.0887.